The van der Waals surface area contributed by atoms with Gasteiger partial charge in [0.1, 0.15) is 5.75 Å². The van der Waals surface area contributed by atoms with Crippen LogP contribution >= 0.6 is 11.6 Å². The fourth-order valence-electron chi connectivity index (χ4n) is 5.41. The lowest BCUT2D eigenvalue weighted by Gasteiger charge is -2.22. The summed E-state index contributed by atoms with van der Waals surface area (Å²) in [4.78, 5) is 18.0. The lowest BCUT2D eigenvalue weighted by molar-refractivity contribution is 0.0944. The summed E-state index contributed by atoms with van der Waals surface area (Å²) in [5.41, 5.74) is 5.69. The van der Waals surface area contributed by atoms with Crippen molar-refractivity contribution < 1.29 is 9.53 Å². The Hall–Kier alpha value is -4.67. The van der Waals surface area contributed by atoms with E-state index in [1.807, 2.05) is 36.7 Å². The molecule has 0 amide bonds. The summed E-state index contributed by atoms with van der Waals surface area (Å²) in [5, 5.41) is 5.99. The van der Waals surface area contributed by atoms with Crippen molar-refractivity contribution in [1.82, 2.24) is 10.3 Å². The Morgan fingerprint density at radius 2 is 1.63 bits per heavy atom. The molecule has 1 N–H and O–H groups in total. The molecule has 1 atom stereocenters. The van der Waals surface area contributed by atoms with Gasteiger partial charge in [-0.15, -0.1) is 0 Å². The number of carbonyl (C=O) groups excluding carboxylic acids is 1. The van der Waals surface area contributed by atoms with Crippen LogP contribution in [0.5, 0.6) is 11.6 Å². The van der Waals surface area contributed by atoms with Crippen LogP contribution in [-0.2, 0) is 12.8 Å². The maximum absolute atomic E-state index is 13.7. The summed E-state index contributed by atoms with van der Waals surface area (Å²) in [6.07, 6.45) is 20.2. The molecule has 0 saturated heterocycles. The number of benzene rings is 3. The van der Waals surface area contributed by atoms with Crippen LogP contribution in [0.25, 0.3) is 23.3 Å². The van der Waals surface area contributed by atoms with Gasteiger partial charge in [-0.2, -0.15) is 0 Å². The van der Waals surface area contributed by atoms with E-state index in [1.54, 1.807) is 42.6 Å². The second-order valence-corrected chi connectivity index (χ2v) is 10.5. The van der Waals surface area contributed by atoms with Gasteiger partial charge < -0.3 is 10.1 Å². The van der Waals surface area contributed by atoms with Crippen molar-refractivity contribution in [2.75, 3.05) is 0 Å². The Bertz CT molecular complexity index is 1790. The minimum absolute atomic E-state index is 0.0385. The van der Waals surface area contributed by atoms with Crippen LogP contribution in [0.1, 0.15) is 27.9 Å². The third-order valence-corrected chi connectivity index (χ3v) is 7.68. The number of hydrogen-bond acceptors (Lipinski definition) is 4. The van der Waals surface area contributed by atoms with Crippen LogP contribution in [0, 0.1) is 5.92 Å². The maximum atomic E-state index is 13.7. The molecule has 4 aromatic rings. The zero-order valence-electron chi connectivity index (χ0n) is 22.5. The summed E-state index contributed by atoms with van der Waals surface area (Å²) in [6.45, 7) is 0. The standard InChI is InChI=1S/C30H22ClNO2.C6H7N/c31-22-11-13-23(14-12-22)34-30-27(6-3-17-32-30)29(33)21-8-7-20-10-15-25-24-5-2-1-4-19(24)9-16-26(25)28(20)18-21;1-2-4-6-7-5-3-1/h1-6,10-18,21H,7-9H2;1-7H. The highest BCUT2D eigenvalue weighted by molar-refractivity contribution is 6.30. The minimum Gasteiger partial charge on any atom is -0.438 e. The lowest BCUT2D eigenvalue weighted by Crippen LogP contribution is -2.37. The second kappa shape index (κ2) is 12.2. The number of rotatable bonds is 4. The molecule has 0 saturated carbocycles. The molecular weight excluding hydrogens is 528 g/mol. The number of pyridine rings is 1. The van der Waals surface area contributed by atoms with Crippen molar-refractivity contribution in [2.45, 2.75) is 19.3 Å². The molecule has 2 aliphatic carbocycles. The van der Waals surface area contributed by atoms with E-state index in [2.05, 4.69) is 58.9 Å². The highest BCUT2D eigenvalue weighted by Crippen LogP contribution is 2.29. The first kappa shape index (κ1) is 26.5. The normalized spacial score (nSPS) is 15.8. The number of hydrogen-bond donors (Lipinski definition) is 1. The molecule has 3 aliphatic rings. The summed E-state index contributed by atoms with van der Waals surface area (Å²) in [5.74, 6) is 0.736. The number of aromatic nitrogens is 1. The molecule has 7 rings (SSSR count). The van der Waals surface area contributed by atoms with Crippen molar-refractivity contribution >= 4 is 29.5 Å². The fraction of sp³-hybridized carbons (Fsp3) is 0.111. The zero-order chi connectivity index (χ0) is 28.0. The maximum Gasteiger partial charge on any atom is 0.230 e. The van der Waals surface area contributed by atoms with Crippen molar-refractivity contribution in [3.05, 3.63) is 148 Å². The number of Topliss-reactive ketones (excluding diaryl/α,β-unsaturated/α-hetero) is 1. The number of aryl methyl sites for hydroxylation is 1. The molecule has 0 spiro atoms. The largest absolute Gasteiger partial charge is 0.438 e. The van der Waals surface area contributed by atoms with E-state index < -0.39 is 0 Å². The lowest BCUT2D eigenvalue weighted by atomic mass is 9.82. The van der Waals surface area contributed by atoms with Gasteiger partial charge in [-0.25, -0.2) is 4.98 Å². The van der Waals surface area contributed by atoms with Gasteiger partial charge in [0.25, 0.3) is 0 Å². The second-order valence-electron chi connectivity index (χ2n) is 10.0. The number of carbonyl (C=O) groups is 1. The smallest absolute Gasteiger partial charge is 0.230 e. The number of ether oxygens (including phenoxy) is 1. The van der Waals surface area contributed by atoms with Gasteiger partial charge in [0.05, 0.1) is 5.56 Å². The Morgan fingerprint density at radius 1 is 0.829 bits per heavy atom. The third kappa shape index (κ3) is 5.93. The highest BCUT2D eigenvalue weighted by atomic mass is 35.5. The monoisotopic (exact) mass is 556 g/mol. The van der Waals surface area contributed by atoms with Gasteiger partial charge in [-0.05, 0) is 101 Å². The Morgan fingerprint density at radius 3 is 2.46 bits per heavy atom. The molecule has 1 aliphatic heterocycles. The molecule has 1 aromatic heterocycles. The molecule has 202 valence electrons. The average molecular weight is 557 g/mol. The molecule has 0 bridgehead atoms. The van der Waals surface area contributed by atoms with Gasteiger partial charge in [0.15, 0.2) is 5.78 Å². The van der Waals surface area contributed by atoms with Crippen LogP contribution in [0.2, 0.25) is 5.02 Å². The summed E-state index contributed by atoms with van der Waals surface area (Å²) in [6, 6.07) is 23.7. The van der Waals surface area contributed by atoms with Gasteiger partial charge in [-0.3, -0.25) is 4.79 Å². The van der Waals surface area contributed by atoms with E-state index in [9.17, 15) is 4.79 Å². The topological polar surface area (TPSA) is 51.2 Å². The summed E-state index contributed by atoms with van der Waals surface area (Å²) >= 11 is 5.99. The minimum atomic E-state index is -0.221. The SMILES string of the molecule is C1=CC=CNC=C1.O=C(c1cccnc1Oc1ccc(Cl)cc1)C1C=c2c(ccc3c2=CCc2ccccc2-3)CC1. The molecule has 4 nitrogen and oxygen atoms in total. The van der Waals surface area contributed by atoms with Crippen molar-refractivity contribution in [1.29, 1.82) is 0 Å². The number of fused-ring (bicyclic) bond motifs is 5. The Balaban J connectivity index is 0.000000380. The number of ketones is 1. The number of halogens is 1. The predicted molar refractivity (Wildman–Crippen MR) is 166 cm³/mol. The van der Waals surface area contributed by atoms with E-state index in [0.717, 1.165) is 19.3 Å². The number of allylic oxidation sites excluding steroid dienone is 4. The van der Waals surface area contributed by atoms with Gasteiger partial charge in [0.2, 0.25) is 5.88 Å². The molecule has 1 unspecified atom stereocenters. The van der Waals surface area contributed by atoms with Gasteiger partial charge in [0, 0.05) is 29.5 Å². The van der Waals surface area contributed by atoms with E-state index in [1.165, 1.54) is 32.7 Å². The van der Waals surface area contributed by atoms with Crippen LogP contribution < -0.4 is 20.5 Å². The average Bonchev–Trinajstić information content (AvgIpc) is 3.35. The van der Waals surface area contributed by atoms with Crippen molar-refractivity contribution in [3.8, 4) is 22.8 Å². The van der Waals surface area contributed by atoms with Crippen LogP contribution in [-0.4, -0.2) is 10.8 Å². The van der Waals surface area contributed by atoms with Crippen LogP contribution in [0.4, 0.5) is 0 Å². The predicted octanol–water partition coefficient (Wildman–Crippen LogP) is 6.93. The Labute approximate surface area is 244 Å². The van der Waals surface area contributed by atoms with Crippen molar-refractivity contribution in [2.24, 2.45) is 5.92 Å². The first-order valence-corrected chi connectivity index (χ1v) is 14.1. The van der Waals surface area contributed by atoms with E-state index >= 15 is 0 Å². The van der Waals surface area contributed by atoms with E-state index in [4.69, 9.17) is 16.3 Å². The van der Waals surface area contributed by atoms with E-state index in [0.29, 0.717) is 22.2 Å². The highest BCUT2D eigenvalue weighted by Gasteiger charge is 2.25. The molecule has 5 heteroatoms. The first-order valence-electron chi connectivity index (χ1n) is 13.8. The molecule has 41 heavy (non-hydrogen) atoms. The summed E-state index contributed by atoms with van der Waals surface area (Å²) in [7, 11) is 0. The molecule has 3 aromatic carbocycles. The number of nitrogens with one attached hydrogen (secondary N) is 1. The summed E-state index contributed by atoms with van der Waals surface area (Å²) < 4.78 is 5.96. The fourth-order valence-corrected chi connectivity index (χ4v) is 5.53. The van der Waals surface area contributed by atoms with Crippen LogP contribution in [0.3, 0.4) is 0 Å². The zero-order valence-corrected chi connectivity index (χ0v) is 23.2. The van der Waals surface area contributed by atoms with E-state index in [-0.39, 0.29) is 11.7 Å². The van der Waals surface area contributed by atoms with Gasteiger partial charge in [-0.1, -0.05) is 72.3 Å². The molecule has 0 fully saturated rings. The quantitative estimate of drug-likeness (QED) is 0.277. The Kier molecular flexibility index (Phi) is 7.92. The first-order chi connectivity index (χ1) is 20.2. The molecule has 0 radical (unpaired) electrons. The van der Waals surface area contributed by atoms with Gasteiger partial charge >= 0.3 is 0 Å². The molecule has 2 heterocycles. The van der Waals surface area contributed by atoms with Crippen molar-refractivity contribution in [3.63, 3.8) is 0 Å². The number of nitrogens with zero attached hydrogens (tertiary/aromatic N) is 1. The third-order valence-electron chi connectivity index (χ3n) is 7.42. The molecular formula is C36H29ClN2O2. The van der Waals surface area contributed by atoms with Crippen LogP contribution in [0.15, 0.2) is 116 Å².